The van der Waals surface area contributed by atoms with Gasteiger partial charge in [-0.3, -0.25) is 10.1 Å². The number of esters is 1. The molecule has 0 amide bonds. The molecule has 1 unspecified atom stereocenters. The van der Waals surface area contributed by atoms with E-state index in [1.807, 2.05) is 0 Å². The molecular weight excluding hydrogens is 352 g/mol. The fourth-order valence-corrected chi connectivity index (χ4v) is 3.06. The minimum atomic E-state index is -0.901. The van der Waals surface area contributed by atoms with Gasteiger partial charge in [-0.1, -0.05) is 29.8 Å². The molecule has 1 aliphatic heterocycles. The molecule has 0 saturated heterocycles. The Hall–Kier alpha value is -1.99. The van der Waals surface area contributed by atoms with Crippen molar-refractivity contribution in [2.45, 2.75) is 19.8 Å². The zero-order valence-corrected chi connectivity index (χ0v) is 14.9. The molecule has 128 valence electrons. The van der Waals surface area contributed by atoms with Crippen LogP contribution in [0.2, 0.25) is 5.02 Å². The van der Waals surface area contributed by atoms with Crippen molar-refractivity contribution >= 4 is 30.2 Å². The SMILES string of the molecule is CC1=C(C(=O)OCCS)C(c2ccccc2Cl)C([N+](=O)[O-])=C(C)N1. The van der Waals surface area contributed by atoms with Crippen molar-refractivity contribution in [2.24, 2.45) is 0 Å². The molecule has 1 aromatic carbocycles. The van der Waals surface area contributed by atoms with Crippen LogP contribution in [0, 0.1) is 10.1 Å². The fraction of sp³-hybridized carbons (Fsp3) is 0.312. The Kier molecular flexibility index (Phi) is 5.90. The van der Waals surface area contributed by atoms with Crippen molar-refractivity contribution in [2.75, 3.05) is 12.4 Å². The lowest BCUT2D eigenvalue weighted by atomic mass is 9.84. The largest absolute Gasteiger partial charge is 0.461 e. The summed E-state index contributed by atoms with van der Waals surface area (Å²) in [5.41, 5.74) is 1.43. The summed E-state index contributed by atoms with van der Waals surface area (Å²) < 4.78 is 5.15. The number of hydrogen-bond acceptors (Lipinski definition) is 6. The highest BCUT2D eigenvalue weighted by Gasteiger charge is 2.41. The van der Waals surface area contributed by atoms with Crippen LogP contribution in [0.5, 0.6) is 0 Å². The first kappa shape index (κ1) is 18.4. The first-order valence-corrected chi connectivity index (χ1v) is 8.24. The number of benzene rings is 1. The third-order valence-corrected chi connectivity index (χ3v) is 4.21. The monoisotopic (exact) mass is 368 g/mol. The molecule has 0 fully saturated rings. The van der Waals surface area contributed by atoms with Gasteiger partial charge >= 0.3 is 5.97 Å². The van der Waals surface area contributed by atoms with Crippen LogP contribution in [0.15, 0.2) is 46.9 Å². The predicted octanol–water partition coefficient (Wildman–Crippen LogP) is 3.28. The maximum atomic E-state index is 12.5. The molecule has 0 radical (unpaired) electrons. The van der Waals surface area contributed by atoms with E-state index in [-0.39, 0.29) is 17.9 Å². The van der Waals surface area contributed by atoms with Crippen molar-refractivity contribution in [3.8, 4) is 0 Å². The number of nitro groups is 1. The molecule has 0 saturated carbocycles. The summed E-state index contributed by atoms with van der Waals surface area (Å²) in [6.07, 6.45) is 0. The second kappa shape index (κ2) is 7.72. The molecule has 1 N–H and O–H groups in total. The number of allylic oxidation sites excluding steroid dienone is 3. The van der Waals surface area contributed by atoms with Crippen molar-refractivity contribution in [1.82, 2.24) is 5.32 Å². The molecule has 2 rings (SSSR count). The Labute approximate surface area is 150 Å². The highest BCUT2D eigenvalue weighted by molar-refractivity contribution is 7.80. The van der Waals surface area contributed by atoms with Gasteiger partial charge < -0.3 is 10.1 Å². The summed E-state index contributed by atoms with van der Waals surface area (Å²) in [5, 5.41) is 14.9. The van der Waals surface area contributed by atoms with E-state index in [9.17, 15) is 14.9 Å². The van der Waals surface area contributed by atoms with Crippen molar-refractivity contribution in [1.29, 1.82) is 0 Å². The van der Waals surface area contributed by atoms with Gasteiger partial charge in [0.1, 0.15) is 12.5 Å². The molecule has 6 nitrogen and oxygen atoms in total. The molecule has 1 aliphatic rings. The minimum Gasteiger partial charge on any atom is -0.461 e. The van der Waals surface area contributed by atoms with E-state index in [0.717, 1.165) is 0 Å². The van der Waals surface area contributed by atoms with Crippen LogP contribution in [0.25, 0.3) is 0 Å². The van der Waals surface area contributed by atoms with Gasteiger partial charge in [-0.05, 0) is 25.5 Å². The summed E-state index contributed by atoms with van der Waals surface area (Å²) in [6, 6.07) is 6.76. The summed E-state index contributed by atoms with van der Waals surface area (Å²) in [4.78, 5) is 23.6. The van der Waals surface area contributed by atoms with Crippen molar-refractivity contribution in [3.05, 3.63) is 67.6 Å². The Bertz CT molecular complexity index is 745. The van der Waals surface area contributed by atoms with Crippen molar-refractivity contribution in [3.63, 3.8) is 0 Å². The van der Waals surface area contributed by atoms with Crippen LogP contribution in [-0.2, 0) is 9.53 Å². The van der Waals surface area contributed by atoms with Gasteiger partial charge in [0.25, 0.3) is 5.70 Å². The molecule has 1 aromatic rings. The number of rotatable bonds is 5. The number of ether oxygens (including phenoxy) is 1. The second-order valence-electron chi connectivity index (χ2n) is 5.25. The number of dihydropyridines is 1. The molecule has 8 heteroatoms. The van der Waals surface area contributed by atoms with Crippen LogP contribution < -0.4 is 5.32 Å². The standard InChI is InChI=1S/C16H17ClN2O4S/c1-9-13(16(20)23-7-8-24)14(11-5-3-4-6-12(11)17)15(19(21)22)10(2)18-9/h3-6,14,18,24H,7-8H2,1-2H3. The maximum absolute atomic E-state index is 12.5. The number of carbonyl (C=O) groups is 1. The third kappa shape index (κ3) is 3.57. The van der Waals surface area contributed by atoms with Crippen LogP contribution in [0.4, 0.5) is 0 Å². The zero-order chi connectivity index (χ0) is 17.9. The van der Waals surface area contributed by atoms with Gasteiger partial charge in [-0.2, -0.15) is 12.6 Å². The van der Waals surface area contributed by atoms with Crippen molar-refractivity contribution < 1.29 is 14.5 Å². The molecule has 0 aliphatic carbocycles. The lowest BCUT2D eigenvalue weighted by Crippen LogP contribution is -2.32. The maximum Gasteiger partial charge on any atom is 0.337 e. The molecule has 1 heterocycles. The molecule has 24 heavy (non-hydrogen) atoms. The van der Waals surface area contributed by atoms with E-state index >= 15 is 0 Å². The second-order valence-corrected chi connectivity index (χ2v) is 6.10. The van der Waals surface area contributed by atoms with Crippen LogP contribution >= 0.6 is 24.2 Å². The lowest BCUT2D eigenvalue weighted by Gasteiger charge is -2.27. The van der Waals surface area contributed by atoms with Crippen LogP contribution in [-0.4, -0.2) is 23.3 Å². The summed E-state index contributed by atoms with van der Waals surface area (Å²) in [7, 11) is 0. The topological polar surface area (TPSA) is 81.5 Å². The Morgan fingerprint density at radius 3 is 2.62 bits per heavy atom. The van der Waals surface area contributed by atoms with Gasteiger partial charge in [0, 0.05) is 16.5 Å². The molecule has 0 bridgehead atoms. The van der Waals surface area contributed by atoms with Crippen LogP contribution in [0.1, 0.15) is 25.3 Å². The smallest absolute Gasteiger partial charge is 0.337 e. The Morgan fingerprint density at radius 2 is 2.04 bits per heavy atom. The van der Waals surface area contributed by atoms with Gasteiger partial charge in [0.05, 0.1) is 16.2 Å². The number of thiol groups is 1. The fourth-order valence-electron chi connectivity index (χ4n) is 2.72. The van der Waals surface area contributed by atoms with Gasteiger partial charge in [0.15, 0.2) is 0 Å². The van der Waals surface area contributed by atoms with E-state index < -0.39 is 16.8 Å². The number of hydrogen-bond donors (Lipinski definition) is 2. The van der Waals surface area contributed by atoms with E-state index in [0.29, 0.717) is 27.7 Å². The van der Waals surface area contributed by atoms with Crippen LogP contribution in [0.3, 0.4) is 0 Å². The normalized spacial score (nSPS) is 17.6. The van der Waals surface area contributed by atoms with E-state index in [1.54, 1.807) is 38.1 Å². The van der Waals surface area contributed by atoms with E-state index in [4.69, 9.17) is 16.3 Å². The molecule has 0 spiro atoms. The summed E-state index contributed by atoms with van der Waals surface area (Å²) >= 11 is 10.3. The molecule has 0 aromatic heterocycles. The average Bonchev–Trinajstić information content (AvgIpc) is 2.52. The highest BCUT2D eigenvalue weighted by atomic mass is 35.5. The van der Waals surface area contributed by atoms with Gasteiger partial charge in [0.2, 0.25) is 0 Å². The van der Waals surface area contributed by atoms with Gasteiger partial charge in [-0.15, -0.1) is 0 Å². The lowest BCUT2D eigenvalue weighted by molar-refractivity contribution is -0.431. The molecule has 1 atom stereocenters. The van der Waals surface area contributed by atoms with E-state index in [2.05, 4.69) is 17.9 Å². The number of nitrogens with zero attached hydrogens (tertiary/aromatic N) is 1. The minimum absolute atomic E-state index is 0.116. The number of nitrogens with one attached hydrogen (secondary N) is 1. The first-order valence-electron chi connectivity index (χ1n) is 7.23. The average molecular weight is 369 g/mol. The highest BCUT2D eigenvalue weighted by Crippen LogP contribution is 2.41. The number of halogens is 1. The number of carbonyl (C=O) groups excluding carboxylic acids is 1. The first-order chi connectivity index (χ1) is 11.4. The van der Waals surface area contributed by atoms with Gasteiger partial charge in [-0.25, -0.2) is 4.79 Å². The van der Waals surface area contributed by atoms with E-state index in [1.165, 1.54) is 0 Å². The summed E-state index contributed by atoms with van der Waals surface area (Å²) in [5.74, 6) is -1.16. The molecular formula is C16H17ClN2O4S. The summed E-state index contributed by atoms with van der Waals surface area (Å²) in [6.45, 7) is 3.40. The Balaban J connectivity index is 2.62. The third-order valence-electron chi connectivity index (χ3n) is 3.68. The predicted molar refractivity (Wildman–Crippen MR) is 94.5 cm³/mol. The zero-order valence-electron chi connectivity index (χ0n) is 13.2. The quantitative estimate of drug-likeness (QED) is 0.361. The Morgan fingerprint density at radius 1 is 1.38 bits per heavy atom.